The number of carbonyl (C=O) groups excluding carboxylic acids is 1. The van der Waals surface area contributed by atoms with Crippen LogP contribution in [0.1, 0.15) is 11.1 Å². The maximum absolute atomic E-state index is 12.5. The van der Waals surface area contributed by atoms with Crippen LogP contribution >= 0.6 is 27.3 Å². The van der Waals surface area contributed by atoms with Crippen LogP contribution in [-0.4, -0.2) is 15.9 Å². The van der Waals surface area contributed by atoms with Crippen LogP contribution in [0.3, 0.4) is 0 Å². The van der Waals surface area contributed by atoms with Gasteiger partial charge in [-0.1, -0.05) is 51.5 Å². The van der Waals surface area contributed by atoms with Gasteiger partial charge in [-0.2, -0.15) is 0 Å². The second-order valence-electron chi connectivity index (χ2n) is 6.18. The fourth-order valence-electron chi connectivity index (χ4n) is 2.87. The SMILES string of the molecule is Cc1c(NC(=O)Cc2ccc(Br)cc2)cccc1-c1nc2cccnc2s1. The topological polar surface area (TPSA) is 54.9 Å². The summed E-state index contributed by atoms with van der Waals surface area (Å²) in [6.45, 7) is 2.00. The van der Waals surface area contributed by atoms with E-state index < -0.39 is 0 Å². The van der Waals surface area contributed by atoms with E-state index in [0.29, 0.717) is 6.42 Å². The highest BCUT2D eigenvalue weighted by molar-refractivity contribution is 9.10. The molecule has 0 aliphatic heterocycles. The Hall–Kier alpha value is -2.57. The van der Waals surface area contributed by atoms with Crippen molar-refractivity contribution in [1.82, 2.24) is 9.97 Å². The van der Waals surface area contributed by atoms with Gasteiger partial charge in [0, 0.05) is 21.9 Å². The molecule has 1 N–H and O–H groups in total. The number of rotatable bonds is 4. The predicted octanol–water partition coefficient (Wildman–Crippen LogP) is 5.61. The Morgan fingerprint density at radius 1 is 1.11 bits per heavy atom. The van der Waals surface area contributed by atoms with Gasteiger partial charge in [0.1, 0.15) is 15.4 Å². The first-order valence-corrected chi connectivity index (χ1v) is 10.1. The number of anilines is 1. The van der Waals surface area contributed by atoms with Gasteiger partial charge in [0.2, 0.25) is 5.91 Å². The molecule has 4 nitrogen and oxygen atoms in total. The summed E-state index contributed by atoms with van der Waals surface area (Å²) in [6, 6.07) is 17.5. The van der Waals surface area contributed by atoms with E-state index in [0.717, 1.165) is 42.2 Å². The molecule has 0 saturated carbocycles. The normalized spacial score (nSPS) is 10.9. The van der Waals surface area contributed by atoms with Crippen molar-refractivity contribution in [2.24, 2.45) is 0 Å². The molecule has 0 radical (unpaired) electrons. The second kappa shape index (κ2) is 7.58. The molecule has 27 heavy (non-hydrogen) atoms. The van der Waals surface area contributed by atoms with Crippen LogP contribution in [0.4, 0.5) is 5.69 Å². The Balaban J connectivity index is 1.58. The molecule has 0 spiro atoms. The van der Waals surface area contributed by atoms with Crippen LogP contribution in [-0.2, 0) is 11.2 Å². The van der Waals surface area contributed by atoms with E-state index >= 15 is 0 Å². The summed E-state index contributed by atoms with van der Waals surface area (Å²) >= 11 is 4.96. The van der Waals surface area contributed by atoms with Gasteiger partial charge >= 0.3 is 0 Å². The third kappa shape index (κ3) is 3.91. The predicted molar refractivity (Wildman–Crippen MR) is 114 cm³/mol. The van der Waals surface area contributed by atoms with Crippen molar-refractivity contribution in [3.8, 4) is 10.6 Å². The summed E-state index contributed by atoms with van der Waals surface area (Å²) in [5, 5.41) is 3.94. The minimum Gasteiger partial charge on any atom is -0.326 e. The molecular weight excluding hydrogens is 422 g/mol. The fourth-order valence-corrected chi connectivity index (χ4v) is 4.12. The molecule has 2 aromatic carbocycles. The summed E-state index contributed by atoms with van der Waals surface area (Å²) in [7, 11) is 0. The quantitative estimate of drug-likeness (QED) is 0.451. The van der Waals surface area contributed by atoms with Gasteiger partial charge in [0.15, 0.2) is 0 Å². The molecule has 0 fully saturated rings. The summed E-state index contributed by atoms with van der Waals surface area (Å²) in [6.07, 6.45) is 2.11. The highest BCUT2D eigenvalue weighted by Gasteiger charge is 2.13. The average molecular weight is 438 g/mol. The zero-order valence-corrected chi connectivity index (χ0v) is 17.0. The number of amides is 1. The number of nitrogens with zero attached hydrogens (tertiary/aromatic N) is 2. The van der Waals surface area contributed by atoms with Crippen molar-refractivity contribution in [3.63, 3.8) is 0 Å². The Morgan fingerprint density at radius 2 is 1.93 bits per heavy atom. The van der Waals surface area contributed by atoms with Crippen LogP contribution in [0, 0.1) is 6.92 Å². The van der Waals surface area contributed by atoms with Crippen LogP contribution in [0.15, 0.2) is 65.3 Å². The average Bonchev–Trinajstić information content (AvgIpc) is 3.09. The molecule has 4 rings (SSSR count). The lowest BCUT2D eigenvalue weighted by Crippen LogP contribution is -2.15. The van der Waals surface area contributed by atoms with Gasteiger partial charge in [-0.15, -0.1) is 0 Å². The van der Waals surface area contributed by atoms with Crippen molar-refractivity contribution >= 4 is 49.2 Å². The number of aromatic nitrogens is 2. The van der Waals surface area contributed by atoms with Crippen molar-refractivity contribution in [2.45, 2.75) is 13.3 Å². The van der Waals surface area contributed by atoms with Crippen LogP contribution < -0.4 is 5.32 Å². The minimum absolute atomic E-state index is 0.0384. The number of hydrogen-bond donors (Lipinski definition) is 1. The zero-order chi connectivity index (χ0) is 18.8. The van der Waals surface area contributed by atoms with E-state index in [1.54, 1.807) is 17.5 Å². The monoisotopic (exact) mass is 437 g/mol. The van der Waals surface area contributed by atoms with Gasteiger partial charge < -0.3 is 5.32 Å². The van der Waals surface area contributed by atoms with E-state index in [2.05, 4.69) is 31.2 Å². The molecule has 0 aliphatic rings. The van der Waals surface area contributed by atoms with Crippen LogP contribution in [0.25, 0.3) is 20.9 Å². The summed E-state index contributed by atoms with van der Waals surface area (Å²) in [5.41, 5.74) is 4.69. The first-order chi connectivity index (χ1) is 13.1. The lowest BCUT2D eigenvalue weighted by Gasteiger charge is -2.11. The van der Waals surface area contributed by atoms with Gasteiger partial charge in [0.05, 0.1) is 6.42 Å². The van der Waals surface area contributed by atoms with Gasteiger partial charge in [0.25, 0.3) is 0 Å². The number of benzene rings is 2. The fraction of sp³-hybridized carbons (Fsp3) is 0.0952. The van der Waals surface area contributed by atoms with E-state index in [1.165, 1.54) is 0 Å². The molecule has 2 aromatic heterocycles. The first-order valence-electron chi connectivity index (χ1n) is 8.46. The number of carbonyl (C=O) groups is 1. The highest BCUT2D eigenvalue weighted by Crippen LogP contribution is 2.33. The number of thiazole rings is 1. The number of fused-ring (bicyclic) bond motifs is 1. The first kappa shape index (κ1) is 17.8. The molecule has 0 atom stereocenters. The van der Waals surface area contributed by atoms with Crippen molar-refractivity contribution in [3.05, 3.63) is 76.4 Å². The van der Waals surface area contributed by atoms with Crippen LogP contribution in [0.2, 0.25) is 0 Å². The second-order valence-corrected chi connectivity index (χ2v) is 8.07. The largest absolute Gasteiger partial charge is 0.326 e. The molecule has 134 valence electrons. The molecule has 0 unspecified atom stereocenters. The Kier molecular flexibility index (Phi) is 5.01. The Morgan fingerprint density at radius 3 is 2.70 bits per heavy atom. The summed E-state index contributed by atoms with van der Waals surface area (Å²) in [5.74, 6) is -0.0384. The number of nitrogens with one attached hydrogen (secondary N) is 1. The zero-order valence-electron chi connectivity index (χ0n) is 14.6. The van der Waals surface area contributed by atoms with Gasteiger partial charge in [-0.3, -0.25) is 4.79 Å². The molecule has 0 bridgehead atoms. The molecule has 2 heterocycles. The van der Waals surface area contributed by atoms with Crippen molar-refractivity contribution in [1.29, 1.82) is 0 Å². The van der Waals surface area contributed by atoms with Crippen molar-refractivity contribution in [2.75, 3.05) is 5.32 Å². The molecule has 6 heteroatoms. The maximum Gasteiger partial charge on any atom is 0.228 e. The number of halogens is 1. The third-order valence-electron chi connectivity index (χ3n) is 4.28. The lowest BCUT2D eigenvalue weighted by atomic mass is 10.1. The standard InChI is InChI=1S/C21H16BrN3OS/c1-13-16(20-25-18-6-3-11-23-21(18)27-20)4-2-5-17(13)24-19(26)12-14-7-9-15(22)10-8-14/h2-11H,12H2,1H3,(H,24,26). The van der Waals surface area contributed by atoms with Crippen molar-refractivity contribution < 1.29 is 4.79 Å². The number of hydrogen-bond acceptors (Lipinski definition) is 4. The minimum atomic E-state index is -0.0384. The van der Waals surface area contributed by atoms with E-state index in [-0.39, 0.29) is 5.91 Å². The summed E-state index contributed by atoms with van der Waals surface area (Å²) < 4.78 is 1.00. The molecule has 4 aromatic rings. The third-order valence-corrected chi connectivity index (χ3v) is 5.82. The molecule has 0 aliphatic carbocycles. The van der Waals surface area contributed by atoms with Crippen LogP contribution in [0.5, 0.6) is 0 Å². The summed E-state index contributed by atoms with van der Waals surface area (Å²) in [4.78, 5) is 22.4. The highest BCUT2D eigenvalue weighted by atomic mass is 79.9. The number of pyridine rings is 1. The van der Waals surface area contributed by atoms with E-state index in [1.807, 2.05) is 61.5 Å². The maximum atomic E-state index is 12.5. The van der Waals surface area contributed by atoms with Gasteiger partial charge in [-0.05, 0) is 48.4 Å². The molecule has 0 saturated heterocycles. The Labute approximate surface area is 169 Å². The molecule has 1 amide bonds. The smallest absolute Gasteiger partial charge is 0.228 e. The molecular formula is C21H16BrN3OS. The Bertz CT molecular complexity index is 1090. The van der Waals surface area contributed by atoms with E-state index in [4.69, 9.17) is 0 Å². The van der Waals surface area contributed by atoms with Gasteiger partial charge in [-0.25, -0.2) is 9.97 Å². The lowest BCUT2D eigenvalue weighted by molar-refractivity contribution is -0.115. The van der Waals surface area contributed by atoms with E-state index in [9.17, 15) is 4.79 Å².